The lowest BCUT2D eigenvalue weighted by molar-refractivity contribution is -0.142. The summed E-state index contributed by atoms with van der Waals surface area (Å²) in [5.74, 6) is -0.134. The number of hydrogen-bond acceptors (Lipinski definition) is 2. The minimum absolute atomic E-state index is 0.0567. The molecule has 3 atom stereocenters. The van der Waals surface area contributed by atoms with Gasteiger partial charge in [0.05, 0.1) is 5.92 Å². The molecule has 1 aliphatic rings. The summed E-state index contributed by atoms with van der Waals surface area (Å²) >= 11 is 0. The molecule has 1 fully saturated rings. The van der Waals surface area contributed by atoms with Crippen molar-refractivity contribution >= 4 is 5.97 Å². The van der Waals surface area contributed by atoms with Gasteiger partial charge in [0.25, 0.3) is 0 Å². The minimum atomic E-state index is -0.719. The van der Waals surface area contributed by atoms with Crippen molar-refractivity contribution in [3.8, 4) is 0 Å². The Balaban J connectivity index is 2.23. The maximum atomic E-state index is 10.7. The van der Waals surface area contributed by atoms with Crippen LogP contribution in [-0.4, -0.2) is 23.2 Å². The van der Waals surface area contributed by atoms with Crippen LogP contribution in [0.4, 0.5) is 0 Å². The largest absolute Gasteiger partial charge is 0.481 e. The van der Waals surface area contributed by atoms with E-state index in [9.17, 15) is 4.79 Å². The molecule has 0 bridgehead atoms. The van der Waals surface area contributed by atoms with Crippen molar-refractivity contribution in [2.75, 3.05) is 0 Å². The van der Waals surface area contributed by atoms with Crippen LogP contribution in [0.5, 0.6) is 0 Å². The second-order valence-corrected chi connectivity index (χ2v) is 4.66. The summed E-state index contributed by atoms with van der Waals surface area (Å²) in [6, 6.07) is 0.501. The molecule has 3 nitrogen and oxygen atoms in total. The lowest BCUT2D eigenvalue weighted by Gasteiger charge is -2.22. The molecule has 0 heterocycles. The summed E-state index contributed by atoms with van der Waals surface area (Å²) in [5, 5.41) is 12.2. The third kappa shape index (κ3) is 3.66. The summed E-state index contributed by atoms with van der Waals surface area (Å²) in [5.41, 5.74) is 0. The molecule has 14 heavy (non-hydrogen) atoms. The van der Waals surface area contributed by atoms with Crippen molar-refractivity contribution in [1.29, 1.82) is 0 Å². The highest BCUT2D eigenvalue weighted by atomic mass is 16.4. The molecule has 0 spiro atoms. The number of rotatable bonds is 6. The van der Waals surface area contributed by atoms with E-state index in [0.717, 1.165) is 5.92 Å². The zero-order chi connectivity index (χ0) is 10.7. The molecule has 0 aromatic rings. The maximum Gasteiger partial charge on any atom is 0.307 e. The molecular weight excluding hydrogens is 178 g/mol. The van der Waals surface area contributed by atoms with E-state index in [-0.39, 0.29) is 12.0 Å². The van der Waals surface area contributed by atoms with Crippen LogP contribution in [0.25, 0.3) is 0 Å². The molecule has 3 unspecified atom stereocenters. The van der Waals surface area contributed by atoms with Crippen molar-refractivity contribution in [2.45, 2.75) is 52.1 Å². The Kier molecular flexibility index (Phi) is 3.93. The Hall–Kier alpha value is -0.570. The van der Waals surface area contributed by atoms with Crippen LogP contribution in [0.2, 0.25) is 0 Å². The Morgan fingerprint density at radius 1 is 1.43 bits per heavy atom. The van der Waals surface area contributed by atoms with E-state index in [2.05, 4.69) is 12.2 Å². The first kappa shape index (κ1) is 11.5. The van der Waals surface area contributed by atoms with E-state index in [4.69, 9.17) is 5.11 Å². The van der Waals surface area contributed by atoms with E-state index < -0.39 is 5.97 Å². The smallest absolute Gasteiger partial charge is 0.307 e. The van der Waals surface area contributed by atoms with E-state index in [1.54, 1.807) is 6.92 Å². The van der Waals surface area contributed by atoms with E-state index in [1.165, 1.54) is 19.3 Å². The van der Waals surface area contributed by atoms with Gasteiger partial charge in [0, 0.05) is 12.1 Å². The first-order chi connectivity index (χ1) is 6.50. The topological polar surface area (TPSA) is 49.3 Å². The number of carboxylic acids is 1. The van der Waals surface area contributed by atoms with Gasteiger partial charge in [0.2, 0.25) is 0 Å². The van der Waals surface area contributed by atoms with Crippen LogP contribution < -0.4 is 5.32 Å². The van der Waals surface area contributed by atoms with Gasteiger partial charge in [-0.3, -0.25) is 4.79 Å². The van der Waals surface area contributed by atoms with E-state index in [1.807, 2.05) is 6.92 Å². The summed E-state index contributed by atoms with van der Waals surface area (Å²) in [6.45, 7) is 5.84. The third-order valence-electron chi connectivity index (χ3n) is 3.07. The zero-order valence-corrected chi connectivity index (χ0v) is 9.29. The number of nitrogens with one attached hydrogen (secondary N) is 1. The predicted octanol–water partition coefficient (Wildman–Crippen LogP) is 1.87. The van der Waals surface area contributed by atoms with Crippen molar-refractivity contribution in [3.63, 3.8) is 0 Å². The van der Waals surface area contributed by atoms with Crippen molar-refractivity contribution in [3.05, 3.63) is 0 Å². The second-order valence-electron chi connectivity index (χ2n) is 4.66. The highest BCUT2D eigenvalue weighted by molar-refractivity contribution is 5.70. The molecule has 2 N–H and O–H groups in total. The van der Waals surface area contributed by atoms with Crippen LogP contribution >= 0.6 is 0 Å². The Morgan fingerprint density at radius 2 is 2.00 bits per heavy atom. The standard InChI is InChI=1S/C11H21NO2/c1-7(6-10-4-5-10)12-9(3)8(2)11(13)14/h7-10,12H,4-6H2,1-3H3,(H,13,14). The van der Waals surface area contributed by atoms with Gasteiger partial charge in [-0.15, -0.1) is 0 Å². The van der Waals surface area contributed by atoms with Gasteiger partial charge < -0.3 is 10.4 Å². The average Bonchev–Trinajstić information content (AvgIpc) is 2.86. The first-order valence-corrected chi connectivity index (χ1v) is 5.49. The second kappa shape index (κ2) is 4.78. The first-order valence-electron chi connectivity index (χ1n) is 5.49. The summed E-state index contributed by atoms with van der Waals surface area (Å²) in [6.07, 6.45) is 3.90. The van der Waals surface area contributed by atoms with Crippen molar-refractivity contribution < 1.29 is 9.90 Å². The van der Waals surface area contributed by atoms with Crippen LogP contribution in [0.15, 0.2) is 0 Å². The number of carbonyl (C=O) groups is 1. The monoisotopic (exact) mass is 199 g/mol. The summed E-state index contributed by atoms with van der Waals surface area (Å²) < 4.78 is 0. The number of carboxylic acid groups (broad SMARTS) is 1. The molecule has 0 saturated heterocycles. The maximum absolute atomic E-state index is 10.7. The lowest BCUT2D eigenvalue weighted by atomic mass is 10.0. The zero-order valence-electron chi connectivity index (χ0n) is 9.29. The number of hydrogen-bond donors (Lipinski definition) is 2. The lowest BCUT2D eigenvalue weighted by Crippen LogP contribution is -2.41. The van der Waals surface area contributed by atoms with Gasteiger partial charge in [-0.05, 0) is 26.2 Å². The molecule has 1 saturated carbocycles. The molecule has 1 rings (SSSR count). The number of aliphatic carboxylic acids is 1. The van der Waals surface area contributed by atoms with Gasteiger partial charge >= 0.3 is 5.97 Å². The SMILES string of the molecule is CC(CC1CC1)NC(C)C(C)C(=O)O. The highest BCUT2D eigenvalue weighted by Crippen LogP contribution is 2.33. The molecular formula is C11H21NO2. The molecule has 3 heteroatoms. The van der Waals surface area contributed by atoms with Gasteiger partial charge in [-0.25, -0.2) is 0 Å². The Morgan fingerprint density at radius 3 is 2.43 bits per heavy atom. The summed E-state index contributed by atoms with van der Waals surface area (Å²) in [7, 11) is 0. The Bertz CT molecular complexity index is 201. The van der Waals surface area contributed by atoms with Crippen molar-refractivity contribution in [1.82, 2.24) is 5.32 Å². The molecule has 0 aromatic carbocycles. The molecule has 0 aliphatic heterocycles. The van der Waals surface area contributed by atoms with E-state index >= 15 is 0 Å². The van der Waals surface area contributed by atoms with E-state index in [0.29, 0.717) is 6.04 Å². The molecule has 0 aromatic heterocycles. The average molecular weight is 199 g/mol. The molecule has 82 valence electrons. The van der Waals surface area contributed by atoms with Crippen LogP contribution in [-0.2, 0) is 4.79 Å². The molecule has 1 aliphatic carbocycles. The van der Waals surface area contributed by atoms with Crippen LogP contribution in [0.3, 0.4) is 0 Å². The van der Waals surface area contributed by atoms with Crippen molar-refractivity contribution in [2.24, 2.45) is 11.8 Å². The third-order valence-corrected chi connectivity index (χ3v) is 3.07. The fourth-order valence-electron chi connectivity index (χ4n) is 1.73. The van der Waals surface area contributed by atoms with Gasteiger partial charge in [0.15, 0.2) is 0 Å². The predicted molar refractivity (Wildman–Crippen MR) is 56.2 cm³/mol. The fraction of sp³-hybridized carbons (Fsp3) is 0.909. The highest BCUT2D eigenvalue weighted by Gasteiger charge is 2.26. The fourth-order valence-corrected chi connectivity index (χ4v) is 1.73. The molecule has 0 radical (unpaired) electrons. The quantitative estimate of drug-likeness (QED) is 0.686. The summed E-state index contributed by atoms with van der Waals surface area (Å²) in [4.78, 5) is 10.7. The molecule has 0 amide bonds. The van der Waals surface area contributed by atoms with Crippen LogP contribution in [0, 0.1) is 11.8 Å². The Labute approximate surface area is 85.9 Å². The van der Waals surface area contributed by atoms with Gasteiger partial charge in [0.1, 0.15) is 0 Å². The normalized spacial score (nSPS) is 22.8. The minimum Gasteiger partial charge on any atom is -0.481 e. The van der Waals surface area contributed by atoms with Gasteiger partial charge in [-0.2, -0.15) is 0 Å². The van der Waals surface area contributed by atoms with Gasteiger partial charge in [-0.1, -0.05) is 19.8 Å². The van der Waals surface area contributed by atoms with Crippen LogP contribution in [0.1, 0.15) is 40.0 Å².